The molecule has 19 heavy (non-hydrogen) atoms. The van der Waals surface area contributed by atoms with Gasteiger partial charge in [0.05, 0.1) is 0 Å². The molecule has 2 rings (SSSR count). The van der Waals surface area contributed by atoms with Gasteiger partial charge in [-0.15, -0.1) is 10.2 Å². The lowest BCUT2D eigenvalue weighted by atomic mass is 9.87. The predicted molar refractivity (Wildman–Crippen MR) is 78.0 cm³/mol. The third kappa shape index (κ3) is 3.78. The molecule has 0 saturated heterocycles. The molecule has 1 aromatic heterocycles. The van der Waals surface area contributed by atoms with Gasteiger partial charge in [-0.2, -0.15) is 0 Å². The molecule has 1 atom stereocenters. The highest BCUT2D eigenvalue weighted by atomic mass is 15.3. The fraction of sp³-hybridized carbons (Fsp3) is 0.867. The maximum absolute atomic E-state index is 6.29. The van der Waals surface area contributed by atoms with Crippen molar-refractivity contribution in [3.63, 3.8) is 0 Å². The molecule has 1 heterocycles. The van der Waals surface area contributed by atoms with Crippen LogP contribution in [0.1, 0.15) is 70.6 Å². The smallest absolute Gasteiger partial charge is 0.134 e. The molecule has 1 saturated carbocycles. The molecule has 1 aliphatic carbocycles. The minimum atomic E-state index is 0.170. The van der Waals surface area contributed by atoms with Gasteiger partial charge in [0.1, 0.15) is 11.6 Å². The summed E-state index contributed by atoms with van der Waals surface area (Å²) in [5.41, 5.74) is 6.56. The van der Waals surface area contributed by atoms with Crippen LogP contribution in [-0.2, 0) is 6.42 Å². The van der Waals surface area contributed by atoms with E-state index in [0.717, 1.165) is 24.5 Å². The first kappa shape index (κ1) is 14.5. The summed E-state index contributed by atoms with van der Waals surface area (Å²) in [6, 6.07) is 0.774. The Morgan fingerprint density at radius 3 is 2.47 bits per heavy atom. The monoisotopic (exact) mass is 264 g/mol. The average molecular weight is 264 g/mol. The van der Waals surface area contributed by atoms with Gasteiger partial charge in [-0.05, 0) is 31.6 Å². The van der Waals surface area contributed by atoms with Gasteiger partial charge in [-0.25, -0.2) is 0 Å². The van der Waals surface area contributed by atoms with Crippen LogP contribution >= 0.6 is 0 Å². The van der Waals surface area contributed by atoms with Crippen molar-refractivity contribution in [2.24, 2.45) is 11.1 Å². The second-order valence-corrected chi connectivity index (χ2v) is 7.20. The maximum atomic E-state index is 6.29. The summed E-state index contributed by atoms with van der Waals surface area (Å²) in [6.45, 7) is 8.77. The Balaban J connectivity index is 2.08. The number of hydrogen-bond donors (Lipinski definition) is 1. The van der Waals surface area contributed by atoms with Crippen LogP contribution in [0, 0.1) is 12.3 Å². The Bertz CT molecular complexity index is 410. The average Bonchev–Trinajstić information content (AvgIpc) is 2.85. The molecule has 0 radical (unpaired) electrons. The van der Waals surface area contributed by atoms with Crippen LogP contribution < -0.4 is 5.73 Å². The van der Waals surface area contributed by atoms with Crippen LogP contribution in [0.4, 0.5) is 0 Å². The largest absolute Gasteiger partial charge is 0.327 e. The van der Waals surface area contributed by atoms with E-state index in [0.29, 0.717) is 6.04 Å². The summed E-state index contributed by atoms with van der Waals surface area (Å²) in [4.78, 5) is 0. The van der Waals surface area contributed by atoms with Crippen molar-refractivity contribution in [2.45, 2.75) is 78.3 Å². The molecule has 4 nitrogen and oxygen atoms in total. The van der Waals surface area contributed by atoms with E-state index in [1.54, 1.807) is 0 Å². The van der Waals surface area contributed by atoms with E-state index in [4.69, 9.17) is 5.73 Å². The van der Waals surface area contributed by atoms with Crippen LogP contribution in [0.2, 0.25) is 0 Å². The van der Waals surface area contributed by atoms with Crippen LogP contribution in [0.5, 0.6) is 0 Å². The van der Waals surface area contributed by atoms with Crippen LogP contribution in [0.3, 0.4) is 0 Å². The number of rotatable bonds is 4. The molecule has 1 aliphatic rings. The zero-order valence-corrected chi connectivity index (χ0v) is 12.8. The SMILES string of the molecule is Cc1nnc(CC(N)CC(C)(C)C)n1C1CCCC1. The van der Waals surface area contributed by atoms with E-state index in [2.05, 4.69) is 42.5 Å². The second-order valence-electron chi connectivity index (χ2n) is 7.20. The minimum Gasteiger partial charge on any atom is -0.327 e. The van der Waals surface area contributed by atoms with Crippen LogP contribution in [0.15, 0.2) is 0 Å². The molecule has 1 fully saturated rings. The molecule has 108 valence electrons. The number of nitrogens with zero attached hydrogens (tertiary/aromatic N) is 3. The molecule has 0 bridgehead atoms. The summed E-state index contributed by atoms with van der Waals surface area (Å²) in [6.07, 6.45) is 7.05. The quantitative estimate of drug-likeness (QED) is 0.909. The summed E-state index contributed by atoms with van der Waals surface area (Å²) in [5, 5.41) is 8.63. The van der Waals surface area contributed by atoms with Gasteiger partial charge in [0.2, 0.25) is 0 Å². The lowest BCUT2D eigenvalue weighted by Gasteiger charge is -2.24. The van der Waals surface area contributed by atoms with Gasteiger partial charge >= 0.3 is 0 Å². The van der Waals surface area contributed by atoms with E-state index in [-0.39, 0.29) is 11.5 Å². The predicted octanol–water partition coefficient (Wildman–Crippen LogP) is 3.01. The molecule has 0 amide bonds. The Kier molecular flexibility index (Phi) is 4.29. The van der Waals surface area contributed by atoms with Crippen molar-refractivity contribution < 1.29 is 0 Å². The lowest BCUT2D eigenvalue weighted by Crippen LogP contribution is -2.30. The van der Waals surface area contributed by atoms with Crippen molar-refractivity contribution in [3.8, 4) is 0 Å². The number of hydrogen-bond acceptors (Lipinski definition) is 3. The Hall–Kier alpha value is -0.900. The van der Waals surface area contributed by atoms with E-state index in [1.807, 2.05) is 0 Å². The zero-order valence-electron chi connectivity index (χ0n) is 12.8. The Labute approximate surface area is 116 Å². The van der Waals surface area contributed by atoms with Gasteiger partial charge in [0.15, 0.2) is 0 Å². The first-order chi connectivity index (χ1) is 8.87. The van der Waals surface area contributed by atoms with Crippen molar-refractivity contribution in [2.75, 3.05) is 0 Å². The highest BCUT2D eigenvalue weighted by Crippen LogP contribution is 2.31. The van der Waals surface area contributed by atoms with E-state index in [9.17, 15) is 0 Å². The number of aromatic nitrogens is 3. The first-order valence-electron chi connectivity index (χ1n) is 7.53. The van der Waals surface area contributed by atoms with Gasteiger partial charge in [0, 0.05) is 18.5 Å². The van der Waals surface area contributed by atoms with Gasteiger partial charge < -0.3 is 10.3 Å². The lowest BCUT2D eigenvalue weighted by molar-refractivity contribution is 0.333. The molecule has 1 aromatic rings. The molecule has 1 unspecified atom stereocenters. The summed E-state index contributed by atoms with van der Waals surface area (Å²) >= 11 is 0. The highest BCUT2D eigenvalue weighted by molar-refractivity contribution is 5.00. The summed E-state index contributed by atoms with van der Waals surface area (Å²) in [5.74, 6) is 2.13. The maximum Gasteiger partial charge on any atom is 0.134 e. The van der Waals surface area contributed by atoms with E-state index in [1.165, 1.54) is 25.7 Å². The Morgan fingerprint density at radius 2 is 1.89 bits per heavy atom. The normalized spacial score (nSPS) is 19.0. The minimum absolute atomic E-state index is 0.170. The standard InChI is InChI=1S/C15H28N4/c1-11-17-18-14(9-12(16)10-15(2,3)4)19(11)13-7-5-6-8-13/h12-13H,5-10,16H2,1-4H3. The summed E-state index contributed by atoms with van der Waals surface area (Å²) in [7, 11) is 0. The topological polar surface area (TPSA) is 56.7 Å². The third-order valence-electron chi connectivity index (χ3n) is 3.95. The first-order valence-corrected chi connectivity index (χ1v) is 7.53. The summed E-state index contributed by atoms with van der Waals surface area (Å²) < 4.78 is 2.34. The second kappa shape index (κ2) is 5.61. The van der Waals surface area contributed by atoms with Crippen molar-refractivity contribution in [3.05, 3.63) is 11.6 Å². The van der Waals surface area contributed by atoms with E-state index >= 15 is 0 Å². The molecular weight excluding hydrogens is 236 g/mol. The van der Waals surface area contributed by atoms with Crippen LogP contribution in [0.25, 0.3) is 0 Å². The fourth-order valence-electron chi connectivity index (χ4n) is 3.28. The molecular formula is C15H28N4. The van der Waals surface area contributed by atoms with Crippen molar-refractivity contribution in [1.29, 1.82) is 0 Å². The fourth-order valence-corrected chi connectivity index (χ4v) is 3.28. The third-order valence-corrected chi connectivity index (χ3v) is 3.95. The van der Waals surface area contributed by atoms with E-state index < -0.39 is 0 Å². The van der Waals surface area contributed by atoms with Gasteiger partial charge in [0.25, 0.3) is 0 Å². The van der Waals surface area contributed by atoms with Crippen molar-refractivity contribution >= 4 is 0 Å². The van der Waals surface area contributed by atoms with Gasteiger partial charge in [-0.3, -0.25) is 0 Å². The van der Waals surface area contributed by atoms with Crippen LogP contribution in [-0.4, -0.2) is 20.8 Å². The number of nitrogens with two attached hydrogens (primary N) is 1. The molecule has 0 aliphatic heterocycles. The molecule has 0 aromatic carbocycles. The van der Waals surface area contributed by atoms with Crippen molar-refractivity contribution in [1.82, 2.24) is 14.8 Å². The molecule has 0 spiro atoms. The Morgan fingerprint density at radius 1 is 1.26 bits per heavy atom. The van der Waals surface area contributed by atoms with Gasteiger partial charge in [-0.1, -0.05) is 33.6 Å². The molecule has 4 heteroatoms. The highest BCUT2D eigenvalue weighted by Gasteiger charge is 2.24. The number of aryl methyl sites for hydroxylation is 1. The zero-order chi connectivity index (χ0) is 14.0. The molecule has 2 N–H and O–H groups in total.